The van der Waals surface area contributed by atoms with E-state index in [1.165, 1.54) is 16.7 Å². The highest BCUT2D eigenvalue weighted by molar-refractivity contribution is 5.31. The number of aryl methyl sites for hydroxylation is 2. The number of hydrogen-bond donors (Lipinski definition) is 1. The Bertz CT molecular complexity index is 411. The van der Waals surface area contributed by atoms with Crippen LogP contribution >= 0.6 is 0 Å². The molecule has 2 unspecified atom stereocenters. The number of rotatable bonds is 3. The molecule has 1 heterocycles. The Labute approximate surface area is 116 Å². The van der Waals surface area contributed by atoms with Gasteiger partial charge in [-0.25, -0.2) is 0 Å². The molecule has 1 saturated heterocycles. The van der Waals surface area contributed by atoms with Crippen LogP contribution in [0, 0.1) is 13.8 Å². The maximum Gasteiger partial charge on any atom is 0.0894 e. The number of morpholine rings is 1. The van der Waals surface area contributed by atoms with Crippen LogP contribution in [0.25, 0.3) is 0 Å². The lowest BCUT2D eigenvalue weighted by Crippen LogP contribution is -2.49. The average Bonchev–Trinajstić information content (AvgIpc) is 2.37. The lowest BCUT2D eigenvalue weighted by Gasteiger charge is -2.38. The van der Waals surface area contributed by atoms with Gasteiger partial charge in [-0.15, -0.1) is 0 Å². The lowest BCUT2D eigenvalue weighted by molar-refractivity contribution is -0.0502. The Kier molecular flexibility index (Phi) is 4.61. The molecule has 1 aliphatic rings. The molecule has 0 aromatic heterocycles. The van der Waals surface area contributed by atoms with Crippen molar-refractivity contribution in [3.05, 3.63) is 34.9 Å². The molecular formula is C16H26N2O. The molecule has 0 radical (unpaired) electrons. The molecule has 0 bridgehead atoms. The molecule has 0 spiro atoms. The molecule has 1 fully saturated rings. The van der Waals surface area contributed by atoms with E-state index in [4.69, 9.17) is 10.5 Å². The first-order chi connectivity index (χ1) is 8.97. The van der Waals surface area contributed by atoms with Gasteiger partial charge in [0, 0.05) is 19.1 Å². The fraction of sp³-hybridized carbons (Fsp3) is 0.625. The third kappa shape index (κ3) is 3.56. The standard InChI is InChI=1S/C16H26N2O/c1-11(2)18-5-6-19-15(10-18)16(17)14-8-12(3)7-13(4)9-14/h7-9,11,15-16H,5-6,10,17H2,1-4H3. The van der Waals surface area contributed by atoms with Gasteiger partial charge in [-0.1, -0.05) is 29.3 Å². The van der Waals surface area contributed by atoms with Crippen molar-refractivity contribution in [2.24, 2.45) is 5.73 Å². The fourth-order valence-corrected chi connectivity index (χ4v) is 2.80. The molecule has 106 valence electrons. The smallest absolute Gasteiger partial charge is 0.0894 e. The third-order valence-electron chi connectivity index (χ3n) is 3.88. The summed E-state index contributed by atoms with van der Waals surface area (Å²) in [5, 5.41) is 0. The topological polar surface area (TPSA) is 38.5 Å². The van der Waals surface area contributed by atoms with E-state index < -0.39 is 0 Å². The predicted molar refractivity (Wildman–Crippen MR) is 79.3 cm³/mol. The molecular weight excluding hydrogens is 236 g/mol. The Hall–Kier alpha value is -0.900. The second-order valence-electron chi connectivity index (χ2n) is 5.94. The molecule has 3 nitrogen and oxygen atoms in total. The monoisotopic (exact) mass is 262 g/mol. The van der Waals surface area contributed by atoms with Crippen LogP contribution in [0.3, 0.4) is 0 Å². The van der Waals surface area contributed by atoms with Crippen molar-refractivity contribution in [1.82, 2.24) is 4.90 Å². The van der Waals surface area contributed by atoms with Gasteiger partial charge in [0.2, 0.25) is 0 Å². The van der Waals surface area contributed by atoms with Crippen molar-refractivity contribution >= 4 is 0 Å². The van der Waals surface area contributed by atoms with Gasteiger partial charge in [0.15, 0.2) is 0 Å². The van der Waals surface area contributed by atoms with Crippen molar-refractivity contribution < 1.29 is 4.74 Å². The quantitative estimate of drug-likeness (QED) is 0.909. The van der Waals surface area contributed by atoms with Crippen LogP contribution in [-0.4, -0.2) is 36.7 Å². The van der Waals surface area contributed by atoms with Crippen molar-refractivity contribution in [3.8, 4) is 0 Å². The summed E-state index contributed by atoms with van der Waals surface area (Å²) in [6.07, 6.45) is 0.0948. The van der Waals surface area contributed by atoms with E-state index in [2.05, 4.69) is 50.8 Å². The summed E-state index contributed by atoms with van der Waals surface area (Å²) < 4.78 is 5.89. The second kappa shape index (κ2) is 6.04. The molecule has 1 aliphatic heterocycles. The highest BCUT2D eigenvalue weighted by Crippen LogP contribution is 2.23. The normalized spacial score (nSPS) is 22.7. The minimum atomic E-state index is -0.0415. The van der Waals surface area contributed by atoms with Crippen molar-refractivity contribution in [2.45, 2.75) is 45.9 Å². The minimum absolute atomic E-state index is 0.0415. The maximum absolute atomic E-state index is 6.42. The van der Waals surface area contributed by atoms with Crippen molar-refractivity contribution in [3.63, 3.8) is 0 Å². The first-order valence-corrected chi connectivity index (χ1v) is 7.17. The Morgan fingerprint density at radius 1 is 1.21 bits per heavy atom. The predicted octanol–water partition coefficient (Wildman–Crippen LogP) is 2.41. The van der Waals surface area contributed by atoms with Gasteiger partial charge in [-0.3, -0.25) is 4.90 Å². The van der Waals surface area contributed by atoms with Gasteiger partial charge < -0.3 is 10.5 Å². The molecule has 0 aliphatic carbocycles. The molecule has 2 rings (SSSR count). The second-order valence-corrected chi connectivity index (χ2v) is 5.94. The highest BCUT2D eigenvalue weighted by Gasteiger charge is 2.28. The van der Waals surface area contributed by atoms with E-state index in [0.29, 0.717) is 6.04 Å². The summed E-state index contributed by atoms with van der Waals surface area (Å²) in [4.78, 5) is 2.44. The summed E-state index contributed by atoms with van der Waals surface area (Å²) in [5.41, 5.74) is 10.1. The van der Waals surface area contributed by atoms with Crippen LogP contribution in [0.15, 0.2) is 18.2 Å². The van der Waals surface area contributed by atoms with Crippen LogP contribution in [0.1, 0.15) is 36.6 Å². The van der Waals surface area contributed by atoms with Gasteiger partial charge in [-0.05, 0) is 33.3 Å². The van der Waals surface area contributed by atoms with E-state index in [1.54, 1.807) is 0 Å². The number of nitrogens with two attached hydrogens (primary N) is 1. The number of nitrogens with zero attached hydrogens (tertiary/aromatic N) is 1. The number of ether oxygens (including phenoxy) is 1. The van der Waals surface area contributed by atoms with Crippen LogP contribution in [-0.2, 0) is 4.74 Å². The summed E-state index contributed by atoms with van der Waals surface area (Å²) in [7, 11) is 0. The van der Waals surface area contributed by atoms with Crippen LogP contribution in [0.5, 0.6) is 0 Å². The van der Waals surface area contributed by atoms with Crippen molar-refractivity contribution in [1.29, 1.82) is 0 Å². The lowest BCUT2D eigenvalue weighted by atomic mass is 9.97. The number of hydrogen-bond acceptors (Lipinski definition) is 3. The van der Waals surface area contributed by atoms with E-state index in [1.807, 2.05) is 0 Å². The summed E-state index contributed by atoms with van der Waals surface area (Å²) in [5.74, 6) is 0. The molecule has 0 saturated carbocycles. The Morgan fingerprint density at radius 2 is 1.84 bits per heavy atom. The van der Waals surface area contributed by atoms with Gasteiger partial charge >= 0.3 is 0 Å². The highest BCUT2D eigenvalue weighted by atomic mass is 16.5. The van der Waals surface area contributed by atoms with Gasteiger partial charge in [0.05, 0.1) is 18.8 Å². The van der Waals surface area contributed by atoms with Gasteiger partial charge in [0.25, 0.3) is 0 Å². The summed E-state index contributed by atoms with van der Waals surface area (Å²) in [6.45, 7) is 11.4. The maximum atomic E-state index is 6.42. The summed E-state index contributed by atoms with van der Waals surface area (Å²) >= 11 is 0. The molecule has 1 aromatic carbocycles. The molecule has 0 amide bonds. The van der Waals surface area contributed by atoms with Crippen molar-refractivity contribution in [2.75, 3.05) is 19.7 Å². The third-order valence-corrected chi connectivity index (χ3v) is 3.88. The zero-order valence-corrected chi connectivity index (χ0v) is 12.5. The number of benzene rings is 1. The molecule has 19 heavy (non-hydrogen) atoms. The molecule has 3 heteroatoms. The fourth-order valence-electron chi connectivity index (χ4n) is 2.80. The van der Waals surface area contributed by atoms with Crippen LogP contribution in [0.2, 0.25) is 0 Å². The summed E-state index contributed by atoms with van der Waals surface area (Å²) in [6, 6.07) is 7.04. The first kappa shape index (κ1) is 14.5. The van der Waals surface area contributed by atoms with Crippen LogP contribution in [0.4, 0.5) is 0 Å². The van der Waals surface area contributed by atoms with Gasteiger partial charge in [0.1, 0.15) is 0 Å². The van der Waals surface area contributed by atoms with Crippen LogP contribution < -0.4 is 5.73 Å². The zero-order chi connectivity index (χ0) is 14.0. The van der Waals surface area contributed by atoms with E-state index in [9.17, 15) is 0 Å². The minimum Gasteiger partial charge on any atom is -0.374 e. The molecule has 2 N–H and O–H groups in total. The molecule has 1 aromatic rings. The SMILES string of the molecule is Cc1cc(C)cc(C(N)C2CN(C(C)C)CCO2)c1. The van der Waals surface area contributed by atoms with E-state index >= 15 is 0 Å². The Morgan fingerprint density at radius 3 is 2.42 bits per heavy atom. The van der Waals surface area contributed by atoms with E-state index in [-0.39, 0.29) is 12.1 Å². The Balaban J connectivity index is 2.12. The molecule has 2 atom stereocenters. The average molecular weight is 262 g/mol. The first-order valence-electron chi connectivity index (χ1n) is 7.17. The van der Waals surface area contributed by atoms with E-state index in [0.717, 1.165) is 19.7 Å². The zero-order valence-electron chi connectivity index (χ0n) is 12.5. The van der Waals surface area contributed by atoms with Gasteiger partial charge in [-0.2, -0.15) is 0 Å². The largest absolute Gasteiger partial charge is 0.374 e.